The lowest BCUT2D eigenvalue weighted by Gasteiger charge is -1.94. The van der Waals surface area contributed by atoms with Gasteiger partial charge < -0.3 is 0 Å². The van der Waals surface area contributed by atoms with Crippen molar-refractivity contribution in [1.82, 2.24) is 0 Å². The van der Waals surface area contributed by atoms with Crippen molar-refractivity contribution in [2.75, 3.05) is 17.3 Å². The van der Waals surface area contributed by atoms with Crippen molar-refractivity contribution in [3.8, 4) is 0 Å². The SMILES string of the molecule is CC(C)=CC[S+]1CCCC1. The zero-order valence-corrected chi connectivity index (χ0v) is 7.84. The number of rotatable bonds is 2. The maximum Gasteiger partial charge on any atom is 0.126 e. The van der Waals surface area contributed by atoms with Gasteiger partial charge in [-0.1, -0.05) is 5.57 Å². The maximum absolute atomic E-state index is 2.40. The number of hydrogen-bond acceptors (Lipinski definition) is 0. The van der Waals surface area contributed by atoms with Crippen LogP contribution < -0.4 is 0 Å². The average molecular weight is 157 g/mol. The fourth-order valence-corrected chi connectivity index (χ4v) is 3.50. The molecular formula is C9H17S+. The monoisotopic (exact) mass is 157 g/mol. The highest BCUT2D eigenvalue weighted by atomic mass is 32.2. The van der Waals surface area contributed by atoms with E-state index in [1.165, 1.54) is 35.7 Å². The predicted octanol–water partition coefficient (Wildman–Crippen LogP) is 2.36. The van der Waals surface area contributed by atoms with Crippen molar-refractivity contribution in [2.45, 2.75) is 26.7 Å². The summed E-state index contributed by atoms with van der Waals surface area (Å²) in [4.78, 5) is 0. The molecule has 0 aromatic rings. The first-order valence-corrected chi connectivity index (χ1v) is 5.79. The molecule has 0 aromatic carbocycles. The van der Waals surface area contributed by atoms with E-state index >= 15 is 0 Å². The Bertz CT molecular complexity index is 117. The Hall–Kier alpha value is 0.0900. The van der Waals surface area contributed by atoms with E-state index in [0.717, 1.165) is 10.9 Å². The van der Waals surface area contributed by atoms with E-state index in [4.69, 9.17) is 0 Å². The second kappa shape index (κ2) is 4.07. The topological polar surface area (TPSA) is 0 Å². The fraction of sp³-hybridized carbons (Fsp3) is 0.778. The van der Waals surface area contributed by atoms with E-state index in [-0.39, 0.29) is 0 Å². The van der Waals surface area contributed by atoms with Gasteiger partial charge in [0.1, 0.15) is 17.3 Å². The lowest BCUT2D eigenvalue weighted by atomic mass is 10.3. The summed E-state index contributed by atoms with van der Waals surface area (Å²) < 4.78 is 0. The third-order valence-corrected chi connectivity index (χ3v) is 4.21. The maximum atomic E-state index is 2.40. The van der Waals surface area contributed by atoms with Gasteiger partial charge in [0.05, 0.1) is 0 Å². The molecule has 0 saturated carbocycles. The van der Waals surface area contributed by atoms with Crippen molar-refractivity contribution in [3.63, 3.8) is 0 Å². The summed E-state index contributed by atoms with van der Waals surface area (Å²) in [5, 5.41) is 0. The third-order valence-electron chi connectivity index (χ3n) is 1.84. The largest absolute Gasteiger partial charge is 0.126 e. The van der Waals surface area contributed by atoms with Crippen molar-refractivity contribution in [3.05, 3.63) is 11.6 Å². The van der Waals surface area contributed by atoms with Crippen molar-refractivity contribution < 1.29 is 0 Å². The molecule has 1 aliphatic heterocycles. The summed E-state index contributed by atoms with van der Waals surface area (Å²) in [6.45, 7) is 4.39. The highest BCUT2D eigenvalue weighted by molar-refractivity contribution is 7.97. The van der Waals surface area contributed by atoms with E-state index in [1.807, 2.05) is 0 Å². The Labute approximate surface area is 67.1 Å². The van der Waals surface area contributed by atoms with Crippen molar-refractivity contribution in [1.29, 1.82) is 0 Å². The Kier molecular flexibility index (Phi) is 3.33. The lowest BCUT2D eigenvalue weighted by Crippen LogP contribution is -2.06. The molecule has 10 heavy (non-hydrogen) atoms. The van der Waals surface area contributed by atoms with Gasteiger partial charge in [-0.05, 0) is 43.7 Å². The van der Waals surface area contributed by atoms with Crippen LogP contribution in [0.2, 0.25) is 0 Å². The van der Waals surface area contributed by atoms with Gasteiger partial charge in [0.25, 0.3) is 0 Å². The van der Waals surface area contributed by atoms with Crippen LogP contribution in [0.3, 0.4) is 0 Å². The third kappa shape index (κ3) is 2.78. The molecule has 58 valence electrons. The van der Waals surface area contributed by atoms with E-state index < -0.39 is 0 Å². The average Bonchev–Trinajstić information content (AvgIpc) is 2.34. The molecule has 1 saturated heterocycles. The molecule has 0 aromatic heterocycles. The van der Waals surface area contributed by atoms with Gasteiger partial charge in [-0.3, -0.25) is 0 Å². The van der Waals surface area contributed by atoms with Gasteiger partial charge in [0.15, 0.2) is 0 Å². The van der Waals surface area contributed by atoms with Crippen LogP contribution >= 0.6 is 0 Å². The molecule has 1 fully saturated rings. The molecule has 0 radical (unpaired) electrons. The molecule has 0 atom stereocenters. The standard InChI is InChI=1S/C9H17S/c1-9(2)5-8-10-6-3-4-7-10/h5H,3-4,6-8H2,1-2H3/q+1. The Morgan fingerprint density at radius 3 is 2.40 bits per heavy atom. The lowest BCUT2D eigenvalue weighted by molar-refractivity contribution is 0.949. The van der Waals surface area contributed by atoms with Crippen LogP contribution in [0, 0.1) is 0 Å². The second-order valence-corrected chi connectivity index (χ2v) is 5.55. The molecule has 0 N–H and O–H groups in total. The fourth-order valence-electron chi connectivity index (χ4n) is 1.17. The summed E-state index contributed by atoms with van der Waals surface area (Å²) in [6.07, 6.45) is 5.37. The highest BCUT2D eigenvalue weighted by Gasteiger charge is 2.21. The molecular weight excluding hydrogens is 140 g/mol. The zero-order valence-electron chi connectivity index (χ0n) is 7.02. The van der Waals surface area contributed by atoms with Gasteiger partial charge in [0.2, 0.25) is 0 Å². The summed E-state index contributed by atoms with van der Waals surface area (Å²) in [7, 11) is 0.776. The van der Waals surface area contributed by atoms with Crippen LogP contribution in [0.5, 0.6) is 0 Å². The van der Waals surface area contributed by atoms with Crippen molar-refractivity contribution >= 4 is 10.9 Å². The first-order chi connectivity index (χ1) is 4.79. The molecule has 1 heteroatoms. The normalized spacial score (nSPS) is 19.4. The quantitative estimate of drug-likeness (QED) is 0.426. The predicted molar refractivity (Wildman–Crippen MR) is 50.6 cm³/mol. The summed E-state index contributed by atoms with van der Waals surface area (Å²) in [5.74, 6) is 4.37. The molecule has 0 bridgehead atoms. The molecule has 0 amide bonds. The summed E-state index contributed by atoms with van der Waals surface area (Å²) >= 11 is 0. The second-order valence-electron chi connectivity index (χ2n) is 3.18. The van der Waals surface area contributed by atoms with Crippen LogP contribution in [0.25, 0.3) is 0 Å². The highest BCUT2D eigenvalue weighted by Crippen LogP contribution is 2.13. The van der Waals surface area contributed by atoms with Gasteiger partial charge in [-0.25, -0.2) is 0 Å². The summed E-state index contributed by atoms with van der Waals surface area (Å²) in [5.41, 5.74) is 1.49. The minimum Gasteiger partial charge on any atom is -0.0758 e. The number of allylic oxidation sites excluding steroid dienone is 1. The van der Waals surface area contributed by atoms with Crippen molar-refractivity contribution in [2.24, 2.45) is 0 Å². The van der Waals surface area contributed by atoms with E-state index in [0.29, 0.717) is 0 Å². The Morgan fingerprint density at radius 1 is 1.30 bits per heavy atom. The first-order valence-electron chi connectivity index (χ1n) is 4.06. The van der Waals surface area contributed by atoms with E-state index in [1.54, 1.807) is 0 Å². The smallest absolute Gasteiger partial charge is 0.0758 e. The molecule has 1 rings (SSSR count). The van der Waals surface area contributed by atoms with Crippen LogP contribution in [-0.4, -0.2) is 17.3 Å². The molecule has 0 unspecified atom stereocenters. The molecule has 0 spiro atoms. The van der Waals surface area contributed by atoms with Crippen LogP contribution in [-0.2, 0) is 10.9 Å². The van der Waals surface area contributed by atoms with Gasteiger partial charge >= 0.3 is 0 Å². The minimum absolute atomic E-state index is 0.776. The first kappa shape index (κ1) is 8.19. The zero-order chi connectivity index (χ0) is 7.40. The van der Waals surface area contributed by atoms with Gasteiger partial charge in [-0.15, -0.1) is 0 Å². The molecule has 0 nitrogen and oxygen atoms in total. The summed E-state index contributed by atoms with van der Waals surface area (Å²) in [6, 6.07) is 0. The Balaban J connectivity index is 2.18. The molecule has 1 aliphatic rings. The van der Waals surface area contributed by atoms with Gasteiger partial charge in [-0.2, -0.15) is 0 Å². The van der Waals surface area contributed by atoms with Crippen LogP contribution in [0.4, 0.5) is 0 Å². The van der Waals surface area contributed by atoms with E-state index in [9.17, 15) is 0 Å². The van der Waals surface area contributed by atoms with Crippen LogP contribution in [0.15, 0.2) is 11.6 Å². The minimum atomic E-state index is 0.776. The van der Waals surface area contributed by atoms with Gasteiger partial charge in [0, 0.05) is 0 Å². The molecule has 0 aliphatic carbocycles. The molecule has 1 heterocycles. The van der Waals surface area contributed by atoms with Crippen LogP contribution in [0.1, 0.15) is 26.7 Å². The number of hydrogen-bond donors (Lipinski definition) is 0. The van der Waals surface area contributed by atoms with E-state index in [2.05, 4.69) is 19.9 Å². The Morgan fingerprint density at radius 2 is 1.90 bits per heavy atom.